The summed E-state index contributed by atoms with van der Waals surface area (Å²) in [5, 5.41) is 4.09. The van der Waals surface area contributed by atoms with E-state index in [-0.39, 0.29) is 5.41 Å². The summed E-state index contributed by atoms with van der Waals surface area (Å²) < 4.78 is 0. The van der Waals surface area contributed by atoms with Gasteiger partial charge in [0.2, 0.25) is 0 Å². The van der Waals surface area contributed by atoms with E-state index >= 15 is 0 Å². The first-order valence-corrected chi connectivity index (χ1v) is 5.15. The molecule has 0 atom stereocenters. The Morgan fingerprint density at radius 2 is 2.14 bits per heavy atom. The Morgan fingerprint density at radius 3 is 2.79 bits per heavy atom. The maximum absolute atomic E-state index is 10.5. The van der Waals surface area contributed by atoms with Crippen molar-refractivity contribution >= 4 is 11.7 Å². The molecule has 0 aliphatic heterocycles. The average Bonchev–Trinajstić information content (AvgIpc) is 2.23. The van der Waals surface area contributed by atoms with Crippen LogP contribution in [-0.2, 0) is 0 Å². The van der Waals surface area contributed by atoms with E-state index in [1.54, 1.807) is 0 Å². The quantitative estimate of drug-likeness (QED) is 0.490. The molecule has 1 aliphatic rings. The van der Waals surface area contributed by atoms with Gasteiger partial charge in [-0.3, -0.25) is 0 Å². The summed E-state index contributed by atoms with van der Waals surface area (Å²) >= 11 is 0. The first-order chi connectivity index (χ1) is 6.52. The van der Waals surface area contributed by atoms with Crippen LogP contribution < -0.4 is 11.2 Å². The largest absolute Gasteiger partial charge is 0.350 e. The fourth-order valence-corrected chi connectivity index (χ4v) is 1.85. The predicted molar refractivity (Wildman–Crippen MR) is 57.0 cm³/mol. The molecule has 1 rings (SSSR count). The van der Waals surface area contributed by atoms with E-state index in [2.05, 4.69) is 24.4 Å². The first-order valence-electron chi connectivity index (χ1n) is 5.15. The molecule has 1 saturated carbocycles. The monoisotopic (exact) mass is 197 g/mol. The van der Waals surface area contributed by atoms with E-state index in [4.69, 9.17) is 5.73 Å². The highest BCUT2D eigenvalue weighted by Gasteiger charge is 2.26. The first kappa shape index (κ1) is 11.0. The zero-order valence-corrected chi connectivity index (χ0v) is 8.97. The van der Waals surface area contributed by atoms with Crippen LogP contribution in [0.2, 0.25) is 0 Å². The van der Waals surface area contributed by atoms with E-state index in [1.165, 1.54) is 12.8 Å². The third-order valence-corrected chi connectivity index (χ3v) is 2.80. The molecule has 0 aromatic carbocycles. The van der Waals surface area contributed by atoms with Crippen LogP contribution in [0.15, 0.2) is 5.10 Å². The van der Waals surface area contributed by atoms with E-state index in [1.807, 2.05) is 0 Å². The molecule has 3 N–H and O–H groups in total. The number of carbonyl (C=O) groups excluding carboxylic acids is 1. The SMILES string of the molecule is CC1(C)CCCCC/C1=N\NC(N)=O. The summed E-state index contributed by atoms with van der Waals surface area (Å²) in [5.74, 6) is 0. The highest BCUT2D eigenvalue weighted by Crippen LogP contribution is 2.31. The molecule has 1 aliphatic carbocycles. The third kappa shape index (κ3) is 3.01. The lowest BCUT2D eigenvalue weighted by atomic mass is 9.83. The second-order valence-corrected chi connectivity index (χ2v) is 4.48. The molecule has 0 heterocycles. The van der Waals surface area contributed by atoms with Crippen molar-refractivity contribution < 1.29 is 4.79 Å². The lowest BCUT2D eigenvalue weighted by Gasteiger charge is -2.23. The fourth-order valence-electron chi connectivity index (χ4n) is 1.85. The van der Waals surface area contributed by atoms with Crippen molar-refractivity contribution in [2.45, 2.75) is 46.0 Å². The number of primary amides is 1. The van der Waals surface area contributed by atoms with Gasteiger partial charge in [0.15, 0.2) is 0 Å². The highest BCUT2D eigenvalue weighted by atomic mass is 16.2. The Hall–Kier alpha value is -1.06. The maximum Gasteiger partial charge on any atom is 0.332 e. The smallest absolute Gasteiger partial charge is 0.332 e. The van der Waals surface area contributed by atoms with Crippen molar-refractivity contribution in [3.63, 3.8) is 0 Å². The van der Waals surface area contributed by atoms with Crippen molar-refractivity contribution in [1.82, 2.24) is 5.43 Å². The number of hydrogen-bond acceptors (Lipinski definition) is 2. The molecule has 0 saturated heterocycles. The minimum Gasteiger partial charge on any atom is -0.350 e. The van der Waals surface area contributed by atoms with Gasteiger partial charge < -0.3 is 5.73 Å². The van der Waals surface area contributed by atoms with Crippen molar-refractivity contribution in [3.05, 3.63) is 0 Å². The van der Waals surface area contributed by atoms with Gasteiger partial charge in [-0.2, -0.15) is 5.10 Å². The standard InChI is InChI=1S/C10H19N3O/c1-10(2)7-5-3-4-6-8(10)12-13-9(11)14/h3-7H2,1-2H3,(H3,11,13,14)/b12-8+. The van der Waals surface area contributed by atoms with Crippen LogP contribution in [0.5, 0.6) is 0 Å². The van der Waals surface area contributed by atoms with Crippen LogP contribution in [0.3, 0.4) is 0 Å². The summed E-state index contributed by atoms with van der Waals surface area (Å²) in [4.78, 5) is 10.5. The molecule has 0 spiro atoms. The van der Waals surface area contributed by atoms with Gasteiger partial charge in [-0.15, -0.1) is 0 Å². The molecule has 1 fully saturated rings. The number of nitrogens with zero attached hydrogens (tertiary/aromatic N) is 1. The highest BCUT2D eigenvalue weighted by molar-refractivity contribution is 5.90. The molecule has 0 aromatic heterocycles. The Morgan fingerprint density at radius 1 is 1.43 bits per heavy atom. The van der Waals surface area contributed by atoms with Gasteiger partial charge in [0.25, 0.3) is 0 Å². The van der Waals surface area contributed by atoms with E-state index in [9.17, 15) is 4.79 Å². The summed E-state index contributed by atoms with van der Waals surface area (Å²) in [7, 11) is 0. The molecular formula is C10H19N3O. The third-order valence-electron chi connectivity index (χ3n) is 2.80. The maximum atomic E-state index is 10.5. The van der Waals surface area contributed by atoms with Crippen molar-refractivity contribution in [2.24, 2.45) is 16.3 Å². The molecule has 0 bridgehead atoms. The Kier molecular flexibility index (Phi) is 3.49. The topological polar surface area (TPSA) is 67.5 Å². The van der Waals surface area contributed by atoms with Crippen LogP contribution in [0.4, 0.5) is 4.79 Å². The number of amides is 2. The number of carbonyl (C=O) groups is 1. The molecule has 0 unspecified atom stereocenters. The molecular weight excluding hydrogens is 178 g/mol. The van der Waals surface area contributed by atoms with Gasteiger partial charge in [-0.05, 0) is 19.3 Å². The van der Waals surface area contributed by atoms with Crippen LogP contribution in [0, 0.1) is 5.41 Å². The minimum atomic E-state index is -0.586. The van der Waals surface area contributed by atoms with Crippen LogP contribution in [0.1, 0.15) is 46.0 Å². The number of hydrazone groups is 1. The molecule has 2 amide bonds. The van der Waals surface area contributed by atoms with Gasteiger partial charge in [0, 0.05) is 11.1 Å². The summed E-state index contributed by atoms with van der Waals surface area (Å²) in [5.41, 5.74) is 8.47. The summed E-state index contributed by atoms with van der Waals surface area (Å²) in [6, 6.07) is -0.586. The van der Waals surface area contributed by atoms with E-state index < -0.39 is 6.03 Å². The van der Waals surface area contributed by atoms with Crippen molar-refractivity contribution in [2.75, 3.05) is 0 Å². The lowest BCUT2D eigenvalue weighted by molar-refractivity contribution is 0.249. The Bertz CT molecular complexity index is 246. The number of nitrogens with one attached hydrogen (secondary N) is 1. The second-order valence-electron chi connectivity index (χ2n) is 4.48. The molecule has 4 heteroatoms. The second kappa shape index (κ2) is 4.44. The van der Waals surface area contributed by atoms with Crippen LogP contribution in [0.25, 0.3) is 0 Å². The molecule has 4 nitrogen and oxygen atoms in total. The van der Waals surface area contributed by atoms with Crippen LogP contribution >= 0.6 is 0 Å². The molecule has 14 heavy (non-hydrogen) atoms. The Balaban J connectivity index is 2.71. The van der Waals surface area contributed by atoms with Crippen LogP contribution in [-0.4, -0.2) is 11.7 Å². The average molecular weight is 197 g/mol. The number of nitrogens with two attached hydrogens (primary N) is 1. The normalized spacial score (nSPS) is 24.3. The van der Waals surface area contributed by atoms with Gasteiger partial charge >= 0.3 is 6.03 Å². The molecule has 0 radical (unpaired) electrons. The summed E-state index contributed by atoms with van der Waals surface area (Å²) in [6.45, 7) is 4.33. The van der Waals surface area contributed by atoms with Gasteiger partial charge in [-0.25, -0.2) is 10.2 Å². The Labute approximate surface area is 84.9 Å². The lowest BCUT2D eigenvalue weighted by Crippen LogP contribution is -2.30. The van der Waals surface area contributed by atoms with Gasteiger partial charge in [0.05, 0.1) is 0 Å². The van der Waals surface area contributed by atoms with Crippen molar-refractivity contribution in [3.8, 4) is 0 Å². The summed E-state index contributed by atoms with van der Waals surface area (Å²) in [6.07, 6.45) is 5.74. The van der Waals surface area contributed by atoms with Crippen molar-refractivity contribution in [1.29, 1.82) is 0 Å². The number of hydrogen-bond donors (Lipinski definition) is 2. The molecule has 0 aromatic rings. The van der Waals surface area contributed by atoms with E-state index in [0.29, 0.717) is 0 Å². The molecule has 80 valence electrons. The zero-order valence-electron chi connectivity index (χ0n) is 8.97. The minimum absolute atomic E-state index is 0.0962. The van der Waals surface area contributed by atoms with Gasteiger partial charge in [-0.1, -0.05) is 26.7 Å². The van der Waals surface area contributed by atoms with E-state index in [0.717, 1.165) is 25.0 Å². The van der Waals surface area contributed by atoms with Gasteiger partial charge in [0.1, 0.15) is 0 Å². The zero-order chi connectivity index (χ0) is 10.6. The predicted octanol–water partition coefficient (Wildman–Crippen LogP) is 2.00. The fraction of sp³-hybridized carbons (Fsp3) is 0.800. The number of urea groups is 1. The number of rotatable bonds is 1.